The molecule has 1 aromatic carbocycles. The molecule has 1 fully saturated rings. The van der Waals surface area contributed by atoms with Gasteiger partial charge in [-0.2, -0.15) is 0 Å². The van der Waals surface area contributed by atoms with Crippen LogP contribution in [0.1, 0.15) is 18.3 Å². The van der Waals surface area contributed by atoms with E-state index in [0.29, 0.717) is 24.7 Å². The van der Waals surface area contributed by atoms with Gasteiger partial charge in [0.15, 0.2) is 5.16 Å². The van der Waals surface area contributed by atoms with E-state index in [1.807, 2.05) is 29.7 Å². The van der Waals surface area contributed by atoms with Crippen LogP contribution < -0.4 is 5.32 Å². The van der Waals surface area contributed by atoms with E-state index >= 15 is 0 Å². The van der Waals surface area contributed by atoms with Crippen molar-refractivity contribution in [3.8, 4) is 0 Å². The Kier molecular flexibility index (Phi) is 5.14. The maximum Gasteiger partial charge on any atom is 0.324 e. The number of thioether (sulfide) groups is 1. The minimum Gasteiger partial charge on any atom is -0.336 e. The molecule has 8 heteroatoms. The Balaban J connectivity index is 1.66. The predicted molar refractivity (Wildman–Crippen MR) is 90.8 cm³/mol. The van der Waals surface area contributed by atoms with Gasteiger partial charge in [0, 0.05) is 26.1 Å². The lowest BCUT2D eigenvalue weighted by Crippen LogP contribution is -2.35. The summed E-state index contributed by atoms with van der Waals surface area (Å²) in [5, 5.41) is 11.8. The van der Waals surface area contributed by atoms with Gasteiger partial charge in [0.1, 0.15) is 5.82 Å². The van der Waals surface area contributed by atoms with Crippen LogP contribution in [0.15, 0.2) is 35.5 Å². The van der Waals surface area contributed by atoms with Crippen molar-refractivity contribution in [3.05, 3.63) is 41.7 Å². The molecule has 0 saturated carbocycles. The summed E-state index contributed by atoms with van der Waals surface area (Å²) in [6.45, 7) is 3.70. The SMILES string of the molecule is CCn1c(Cc2ccccc2)nnc1SCC(=O)N1CCNC1=O. The molecule has 0 atom stereocenters. The lowest BCUT2D eigenvalue weighted by atomic mass is 10.1. The number of carbonyl (C=O) groups is 2. The molecule has 1 saturated heterocycles. The van der Waals surface area contributed by atoms with Gasteiger partial charge in [-0.25, -0.2) is 4.79 Å². The third-order valence-electron chi connectivity index (χ3n) is 3.80. The van der Waals surface area contributed by atoms with Crippen molar-refractivity contribution in [3.63, 3.8) is 0 Å². The summed E-state index contributed by atoms with van der Waals surface area (Å²) in [5.41, 5.74) is 1.17. The van der Waals surface area contributed by atoms with Crippen LogP contribution in [0.4, 0.5) is 4.79 Å². The Hall–Kier alpha value is -2.35. The number of aromatic nitrogens is 3. The van der Waals surface area contributed by atoms with Gasteiger partial charge in [-0.05, 0) is 12.5 Å². The van der Waals surface area contributed by atoms with E-state index in [1.165, 1.54) is 22.2 Å². The number of hydrogen-bond acceptors (Lipinski definition) is 5. The van der Waals surface area contributed by atoms with Crippen molar-refractivity contribution in [1.82, 2.24) is 25.0 Å². The number of carbonyl (C=O) groups excluding carboxylic acids is 2. The van der Waals surface area contributed by atoms with Crippen LogP contribution in [0.25, 0.3) is 0 Å². The molecule has 1 aliphatic rings. The van der Waals surface area contributed by atoms with Crippen molar-refractivity contribution >= 4 is 23.7 Å². The summed E-state index contributed by atoms with van der Waals surface area (Å²) < 4.78 is 2.01. The fraction of sp³-hybridized carbons (Fsp3) is 0.375. The van der Waals surface area contributed by atoms with Crippen LogP contribution in [0.2, 0.25) is 0 Å². The molecule has 2 heterocycles. The van der Waals surface area contributed by atoms with Crippen LogP contribution in [0.3, 0.4) is 0 Å². The Morgan fingerprint density at radius 1 is 1.29 bits per heavy atom. The molecule has 1 aromatic heterocycles. The van der Waals surface area contributed by atoms with Gasteiger partial charge in [-0.15, -0.1) is 10.2 Å². The summed E-state index contributed by atoms with van der Waals surface area (Å²) in [6.07, 6.45) is 0.699. The molecule has 3 amide bonds. The second kappa shape index (κ2) is 7.48. The van der Waals surface area contributed by atoms with Crippen molar-refractivity contribution in [1.29, 1.82) is 0 Å². The highest BCUT2D eigenvalue weighted by Crippen LogP contribution is 2.19. The predicted octanol–water partition coefficient (Wildman–Crippen LogP) is 1.53. The normalized spacial score (nSPS) is 14.0. The van der Waals surface area contributed by atoms with Gasteiger partial charge in [0.05, 0.1) is 5.75 Å². The first-order valence-corrected chi connectivity index (χ1v) is 8.84. The number of amides is 3. The van der Waals surface area contributed by atoms with Gasteiger partial charge < -0.3 is 9.88 Å². The average Bonchev–Trinajstić information content (AvgIpc) is 3.19. The maximum absolute atomic E-state index is 12.1. The fourth-order valence-corrected chi connectivity index (χ4v) is 3.46. The van der Waals surface area contributed by atoms with E-state index in [0.717, 1.165) is 12.4 Å². The molecule has 0 bridgehead atoms. The monoisotopic (exact) mass is 345 g/mol. The highest BCUT2D eigenvalue weighted by molar-refractivity contribution is 7.99. The van der Waals surface area contributed by atoms with E-state index < -0.39 is 0 Å². The number of nitrogens with one attached hydrogen (secondary N) is 1. The van der Waals surface area contributed by atoms with Crippen molar-refractivity contribution < 1.29 is 9.59 Å². The molecule has 3 rings (SSSR count). The van der Waals surface area contributed by atoms with Crippen LogP contribution in [0.5, 0.6) is 0 Å². The lowest BCUT2D eigenvalue weighted by molar-refractivity contribution is -0.124. The van der Waals surface area contributed by atoms with Gasteiger partial charge in [-0.3, -0.25) is 9.69 Å². The summed E-state index contributed by atoms with van der Waals surface area (Å²) in [7, 11) is 0. The topological polar surface area (TPSA) is 80.1 Å². The first-order chi connectivity index (χ1) is 11.7. The molecule has 2 aromatic rings. The van der Waals surface area contributed by atoms with Crippen molar-refractivity contribution in [2.75, 3.05) is 18.8 Å². The number of rotatable bonds is 6. The summed E-state index contributed by atoms with van der Waals surface area (Å²) in [5.74, 6) is 0.847. The van der Waals surface area contributed by atoms with Crippen LogP contribution in [0, 0.1) is 0 Å². The van der Waals surface area contributed by atoms with E-state index in [-0.39, 0.29) is 17.7 Å². The zero-order valence-electron chi connectivity index (χ0n) is 13.4. The van der Waals surface area contributed by atoms with E-state index in [2.05, 4.69) is 27.6 Å². The van der Waals surface area contributed by atoms with Gasteiger partial charge in [0.25, 0.3) is 0 Å². The number of hydrogen-bond donors (Lipinski definition) is 1. The first kappa shape index (κ1) is 16.5. The highest BCUT2D eigenvalue weighted by atomic mass is 32.2. The highest BCUT2D eigenvalue weighted by Gasteiger charge is 2.26. The van der Waals surface area contributed by atoms with Gasteiger partial charge in [-0.1, -0.05) is 42.1 Å². The van der Waals surface area contributed by atoms with Gasteiger partial charge >= 0.3 is 6.03 Å². The Morgan fingerprint density at radius 2 is 2.08 bits per heavy atom. The summed E-state index contributed by atoms with van der Waals surface area (Å²) in [4.78, 5) is 24.9. The van der Waals surface area contributed by atoms with E-state index in [9.17, 15) is 9.59 Å². The summed E-state index contributed by atoms with van der Waals surface area (Å²) >= 11 is 1.32. The third kappa shape index (κ3) is 3.59. The minimum atomic E-state index is -0.317. The average molecular weight is 345 g/mol. The fourth-order valence-electron chi connectivity index (χ4n) is 2.57. The smallest absolute Gasteiger partial charge is 0.324 e. The molecule has 0 radical (unpaired) electrons. The lowest BCUT2D eigenvalue weighted by Gasteiger charge is -2.12. The van der Waals surface area contributed by atoms with Crippen molar-refractivity contribution in [2.24, 2.45) is 0 Å². The maximum atomic E-state index is 12.1. The molecule has 1 aliphatic heterocycles. The first-order valence-electron chi connectivity index (χ1n) is 7.86. The molecular formula is C16H19N5O2S. The number of urea groups is 1. The van der Waals surface area contributed by atoms with E-state index in [1.54, 1.807) is 0 Å². The largest absolute Gasteiger partial charge is 0.336 e. The van der Waals surface area contributed by atoms with Gasteiger partial charge in [0.2, 0.25) is 5.91 Å². The standard InChI is InChI=1S/C16H19N5O2S/c1-2-20-13(10-12-6-4-3-5-7-12)18-19-16(20)24-11-14(22)21-9-8-17-15(21)23/h3-7H,2,8-11H2,1H3,(H,17,23). The van der Waals surface area contributed by atoms with Crippen LogP contribution in [-0.4, -0.2) is 50.4 Å². The second-order valence-corrected chi connectivity index (χ2v) is 6.31. The number of imide groups is 1. The molecule has 0 aliphatic carbocycles. The van der Waals surface area contributed by atoms with Crippen molar-refractivity contribution in [2.45, 2.75) is 25.0 Å². The molecule has 0 unspecified atom stereocenters. The van der Waals surface area contributed by atoms with E-state index in [4.69, 9.17) is 0 Å². The van der Waals surface area contributed by atoms with Crippen LogP contribution >= 0.6 is 11.8 Å². The van der Waals surface area contributed by atoms with Crippen LogP contribution in [-0.2, 0) is 17.8 Å². The Bertz CT molecular complexity index is 731. The molecule has 1 N–H and O–H groups in total. The summed E-state index contributed by atoms with van der Waals surface area (Å²) in [6, 6.07) is 9.76. The molecule has 24 heavy (non-hydrogen) atoms. The molecular weight excluding hydrogens is 326 g/mol. The zero-order valence-corrected chi connectivity index (χ0v) is 14.3. The Morgan fingerprint density at radius 3 is 2.75 bits per heavy atom. The Labute approximate surface area is 144 Å². The number of benzene rings is 1. The number of nitrogens with zero attached hydrogens (tertiary/aromatic N) is 4. The third-order valence-corrected chi connectivity index (χ3v) is 4.75. The molecule has 7 nitrogen and oxygen atoms in total. The molecule has 0 spiro atoms. The quantitative estimate of drug-likeness (QED) is 0.803. The second-order valence-electron chi connectivity index (χ2n) is 5.37. The zero-order chi connectivity index (χ0) is 16.9. The minimum absolute atomic E-state index is 0.177. The molecule has 126 valence electrons.